The molecule has 1 aromatic carbocycles. The molecule has 0 bridgehead atoms. The van der Waals surface area contributed by atoms with Gasteiger partial charge in [-0.2, -0.15) is 0 Å². The number of phenolic OH excluding ortho intramolecular Hbond substituents is 1. The molecular formula is C8H7BrO2. The molecule has 0 unspecified atom stereocenters. The first-order valence-electron chi connectivity index (χ1n) is 3.42. The number of phenols is 1. The smallest absolute Gasteiger partial charge is 0.165 e. The molecule has 0 aliphatic carbocycles. The Bertz CT molecular complexity index is 267. The van der Waals surface area contributed by atoms with Crippen LogP contribution in [0.1, 0.15) is 5.56 Å². The van der Waals surface area contributed by atoms with Crippen LogP contribution >= 0.6 is 15.9 Å². The summed E-state index contributed by atoms with van der Waals surface area (Å²) in [5.41, 5.74) is 1.07. The second-order valence-electron chi connectivity index (χ2n) is 2.47. The number of aromatic hydroxyl groups is 1. The van der Waals surface area contributed by atoms with E-state index in [2.05, 4.69) is 15.9 Å². The van der Waals surface area contributed by atoms with Gasteiger partial charge in [-0.05, 0) is 12.1 Å². The first kappa shape index (κ1) is 6.98. The second-order valence-corrected chi connectivity index (χ2v) is 3.33. The average Bonchev–Trinajstić information content (AvgIpc) is 2.45. The van der Waals surface area contributed by atoms with Gasteiger partial charge in [0.1, 0.15) is 0 Å². The van der Waals surface area contributed by atoms with Crippen molar-refractivity contribution < 1.29 is 9.84 Å². The highest BCUT2D eigenvalue weighted by atomic mass is 79.9. The first-order chi connectivity index (χ1) is 5.29. The molecule has 3 heteroatoms. The van der Waals surface area contributed by atoms with Crippen LogP contribution in [-0.4, -0.2) is 11.7 Å². The summed E-state index contributed by atoms with van der Waals surface area (Å²) in [6, 6.07) is 3.47. The van der Waals surface area contributed by atoms with E-state index in [1.165, 1.54) is 0 Å². The molecule has 0 fully saturated rings. The molecule has 0 radical (unpaired) electrons. The normalized spacial score (nSPS) is 14.3. The van der Waals surface area contributed by atoms with Gasteiger partial charge in [-0.1, -0.05) is 15.9 Å². The van der Waals surface area contributed by atoms with Crippen molar-refractivity contribution in [3.05, 3.63) is 22.2 Å². The van der Waals surface area contributed by atoms with Crippen molar-refractivity contribution in [1.82, 2.24) is 0 Å². The third-order valence-electron chi connectivity index (χ3n) is 1.78. The molecule has 2 rings (SSSR count). The van der Waals surface area contributed by atoms with Crippen molar-refractivity contribution in [3.63, 3.8) is 0 Å². The van der Waals surface area contributed by atoms with Gasteiger partial charge >= 0.3 is 0 Å². The number of halogens is 1. The number of ether oxygens (including phenoxy) is 1. The minimum Gasteiger partial charge on any atom is -0.504 e. The number of fused-ring (bicyclic) bond motifs is 1. The highest BCUT2D eigenvalue weighted by Crippen LogP contribution is 2.38. The number of rotatable bonds is 0. The van der Waals surface area contributed by atoms with E-state index in [1.807, 2.05) is 6.07 Å². The fraction of sp³-hybridized carbons (Fsp3) is 0.250. The molecule has 0 saturated carbocycles. The summed E-state index contributed by atoms with van der Waals surface area (Å²) in [4.78, 5) is 0. The highest BCUT2D eigenvalue weighted by molar-refractivity contribution is 9.10. The molecule has 0 amide bonds. The molecule has 1 heterocycles. The lowest BCUT2D eigenvalue weighted by molar-refractivity contribution is 0.334. The van der Waals surface area contributed by atoms with Gasteiger partial charge in [0.15, 0.2) is 11.5 Å². The summed E-state index contributed by atoms with van der Waals surface area (Å²) in [6.07, 6.45) is 0.879. The minimum atomic E-state index is 0.237. The number of benzene rings is 1. The van der Waals surface area contributed by atoms with Gasteiger partial charge in [0.2, 0.25) is 0 Å². The van der Waals surface area contributed by atoms with E-state index in [0.29, 0.717) is 12.4 Å². The molecular weight excluding hydrogens is 208 g/mol. The van der Waals surface area contributed by atoms with Crippen LogP contribution in [0, 0.1) is 0 Å². The van der Waals surface area contributed by atoms with Crippen molar-refractivity contribution in [1.29, 1.82) is 0 Å². The van der Waals surface area contributed by atoms with Crippen LogP contribution in [0.4, 0.5) is 0 Å². The largest absolute Gasteiger partial charge is 0.504 e. The fourth-order valence-electron chi connectivity index (χ4n) is 1.24. The first-order valence-corrected chi connectivity index (χ1v) is 4.21. The van der Waals surface area contributed by atoms with Crippen LogP contribution in [0.5, 0.6) is 11.5 Å². The fourth-order valence-corrected chi connectivity index (χ4v) is 1.75. The average molecular weight is 215 g/mol. The molecule has 1 aliphatic rings. The Morgan fingerprint density at radius 3 is 3.00 bits per heavy atom. The van der Waals surface area contributed by atoms with Crippen molar-refractivity contribution in [2.75, 3.05) is 6.61 Å². The van der Waals surface area contributed by atoms with Gasteiger partial charge < -0.3 is 9.84 Å². The molecule has 58 valence electrons. The van der Waals surface area contributed by atoms with E-state index in [-0.39, 0.29) is 5.75 Å². The topological polar surface area (TPSA) is 29.5 Å². The van der Waals surface area contributed by atoms with Crippen molar-refractivity contribution >= 4 is 15.9 Å². The van der Waals surface area contributed by atoms with E-state index in [0.717, 1.165) is 16.5 Å². The minimum absolute atomic E-state index is 0.237. The maximum absolute atomic E-state index is 9.31. The van der Waals surface area contributed by atoms with Gasteiger partial charge in [0.25, 0.3) is 0 Å². The molecule has 1 aliphatic heterocycles. The predicted molar refractivity (Wildman–Crippen MR) is 45.0 cm³/mol. The van der Waals surface area contributed by atoms with Crippen LogP contribution in [0.15, 0.2) is 16.6 Å². The van der Waals surface area contributed by atoms with Crippen LogP contribution in [-0.2, 0) is 6.42 Å². The zero-order valence-corrected chi connectivity index (χ0v) is 7.39. The van der Waals surface area contributed by atoms with Gasteiger partial charge in [0.05, 0.1) is 6.61 Å². The number of hydrogen-bond donors (Lipinski definition) is 1. The summed E-state index contributed by atoms with van der Waals surface area (Å²) >= 11 is 3.39. The Morgan fingerprint density at radius 1 is 1.45 bits per heavy atom. The molecule has 2 nitrogen and oxygen atoms in total. The lowest BCUT2D eigenvalue weighted by Gasteiger charge is -2.02. The van der Waals surface area contributed by atoms with Crippen LogP contribution in [0.3, 0.4) is 0 Å². The summed E-state index contributed by atoms with van der Waals surface area (Å²) in [7, 11) is 0. The number of hydrogen-bond acceptors (Lipinski definition) is 2. The molecule has 0 spiro atoms. The Hall–Kier alpha value is -0.700. The zero-order valence-electron chi connectivity index (χ0n) is 5.80. The molecule has 1 aromatic rings. The summed E-state index contributed by atoms with van der Waals surface area (Å²) in [5.74, 6) is 0.875. The van der Waals surface area contributed by atoms with E-state index in [4.69, 9.17) is 4.74 Å². The molecule has 1 N–H and O–H groups in total. The quantitative estimate of drug-likeness (QED) is 0.717. The Labute approximate surface area is 72.9 Å². The second kappa shape index (κ2) is 2.41. The third kappa shape index (κ3) is 0.997. The molecule has 0 saturated heterocycles. The van der Waals surface area contributed by atoms with Crippen molar-refractivity contribution in [3.8, 4) is 11.5 Å². The summed E-state index contributed by atoms with van der Waals surface area (Å²) < 4.78 is 6.25. The Kier molecular flexibility index (Phi) is 1.53. The standard InChI is InChI=1S/C8H7BrO2/c9-6-1-2-7(10)8-5(6)3-4-11-8/h1-2,10H,3-4H2. The van der Waals surface area contributed by atoms with Crippen LogP contribution < -0.4 is 4.74 Å². The Balaban J connectivity index is 2.64. The van der Waals surface area contributed by atoms with Gasteiger partial charge in [-0.25, -0.2) is 0 Å². The lowest BCUT2D eigenvalue weighted by Crippen LogP contribution is -1.86. The van der Waals surface area contributed by atoms with E-state index in [9.17, 15) is 5.11 Å². The van der Waals surface area contributed by atoms with Crippen molar-refractivity contribution in [2.24, 2.45) is 0 Å². The van der Waals surface area contributed by atoms with Crippen molar-refractivity contribution in [2.45, 2.75) is 6.42 Å². The van der Waals surface area contributed by atoms with Crippen LogP contribution in [0.25, 0.3) is 0 Å². The predicted octanol–water partition coefficient (Wildman–Crippen LogP) is 2.09. The van der Waals surface area contributed by atoms with Gasteiger partial charge in [-0.15, -0.1) is 0 Å². The van der Waals surface area contributed by atoms with E-state index in [1.54, 1.807) is 6.07 Å². The SMILES string of the molecule is Oc1ccc(Br)c2c1OCC2. The zero-order chi connectivity index (χ0) is 7.84. The van der Waals surface area contributed by atoms with E-state index >= 15 is 0 Å². The summed E-state index contributed by atoms with van der Waals surface area (Å²) in [5, 5.41) is 9.31. The maximum atomic E-state index is 9.31. The van der Waals surface area contributed by atoms with E-state index < -0.39 is 0 Å². The highest BCUT2D eigenvalue weighted by Gasteiger charge is 2.18. The maximum Gasteiger partial charge on any atom is 0.165 e. The van der Waals surface area contributed by atoms with Gasteiger partial charge in [-0.3, -0.25) is 0 Å². The molecule has 11 heavy (non-hydrogen) atoms. The van der Waals surface area contributed by atoms with Gasteiger partial charge in [0, 0.05) is 16.5 Å². The Morgan fingerprint density at radius 2 is 2.27 bits per heavy atom. The lowest BCUT2D eigenvalue weighted by atomic mass is 10.2. The van der Waals surface area contributed by atoms with Crippen LogP contribution in [0.2, 0.25) is 0 Å². The summed E-state index contributed by atoms with van der Waals surface area (Å²) in [6.45, 7) is 0.672. The third-order valence-corrected chi connectivity index (χ3v) is 2.52. The monoisotopic (exact) mass is 214 g/mol. The molecule has 0 aromatic heterocycles. The molecule has 0 atom stereocenters.